The monoisotopic (exact) mass is 460 g/mol. The second kappa shape index (κ2) is 9.07. The van der Waals surface area contributed by atoms with Gasteiger partial charge in [-0.05, 0) is 68.7 Å². The first-order valence-corrected chi connectivity index (χ1v) is 11.9. The SMILES string of the molecule is Cc1cc(OCc2ccc(C(=O)O)cc2)c(N(C(C)C)S(=O)(=O)c2nccs2)cc1C. The van der Waals surface area contributed by atoms with Crippen molar-refractivity contribution in [1.82, 2.24) is 4.98 Å². The molecule has 0 atom stereocenters. The molecule has 0 radical (unpaired) electrons. The molecule has 3 rings (SSSR count). The number of ether oxygens (including phenoxy) is 1. The van der Waals surface area contributed by atoms with E-state index in [0.29, 0.717) is 11.4 Å². The van der Waals surface area contributed by atoms with Crippen LogP contribution in [0.3, 0.4) is 0 Å². The van der Waals surface area contributed by atoms with Crippen molar-refractivity contribution in [3.05, 3.63) is 70.2 Å². The molecule has 0 aliphatic carbocycles. The van der Waals surface area contributed by atoms with Crippen LogP contribution in [0.15, 0.2) is 52.3 Å². The Kier molecular flexibility index (Phi) is 6.66. The highest BCUT2D eigenvalue weighted by molar-refractivity contribution is 7.94. The second-order valence-electron chi connectivity index (χ2n) is 7.39. The summed E-state index contributed by atoms with van der Waals surface area (Å²) in [6.45, 7) is 7.62. The third-order valence-electron chi connectivity index (χ3n) is 4.77. The number of aryl methyl sites for hydroxylation is 2. The number of carbonyl (C=O) groups is 1. The van der Waals surface area contributed by atoms with E-state index < -0.39 is 16.0 Å². The molecule has 0 unspecified atom stereocenters. The largest absolute Gasteiger partial charge is 0.487 e. The van der Waals surface area contributed by atoms with Gasteiger partial charge in [0, 0.05) is 17.6 Å². The number of hydrogen-bond donors (Lipinski definition) is 1. The van der Waals surface area contributed by atoms with E-state index in [4.69, 9.17) is 9.84 Å². The number of carboxylic acid groups (broad SMARTS) is 1. The van der Waals surface area contributed by atoms with Gasteiger partial charge in [-0.1, -0.05) is 12.1 Å². The van der Waals surface area contributed by atoms with Crippen LogP contribution in [0.4, 0.5) is 5.69 Å². The predicted octanol–water partition coefficient (Wildman–Crippen LogP) is 4.64. The summed E-state index contributed by atoms with van der Waals surface area (Å²) in [7, 11) is -3.86. The molecule has 2 aromatic carbocycles. The molecule has 164 valence electrons. The molecule has 3 aromatic rings. The van der Waals surface area contributed by atoms with Crippen molar-refractivity contribution in [3.8, 4) is 5.75 Å². The number of aromatic carboxylic acids is 1. The summed E-state index contributed by atoms with van der Waals surface area (Å²) >= 11 is 1.07. The number of anilines is 1. The van der Waals surface area contributed by atoms with Crippen LogP contribution < -0.4 is 9.04 Å². The third kappa shape index (κ3) is 4.88. The van der Waals surface area contributed by atoms with Crippen LogP contribution in [0.5, 0.6) is 5.75 Å². The number of benzene rings is 2. The molecule has 1 N–H and O–H groups in total. The molecule has 1 heterocycles. The Morgan fingerprint density at radius 2 is 1.81 bits per heavy atom. The van der Waals surface area contributed by atoms with Gasteiger partial charge in [0.25, 0.3) is 10.0 Å². The van der Waals surface area contributed by atoms with E-state index in [2.05, 4.69) is 4.98 Å². The predicted molar refractivity (Wildman–Crippen MR) is 121 cm³/mol. The van der Waals surface area contributed by atoms with E-state index in [9.17, 15) is 13.2 Å². The average Bonchev–Trinajstić information content (AvgIpc) is 3.25. The summed E-state index contributed by atoms with van der Waals surface area (Å²) in [5, 5.41) is 10.7. The van der Waals surface area contributed by atoms with Crippen molar-refractivity contribution in [2.45, 2.75) is 44.7 Å². The van der Waals surface area contributed by atoms with E-state index in [-0.39, 0.29) is 22.6 Å². The van der Waals surface area contributed by atoms with Crippen LogP contribution in [0, 0.1) is 13.8 Å². The maximum atomic E-state index is 13.3. The molecule has 0 bridgehead atoms. The summed E-state index contributed by atoms with van der Waals surface area (Å²) in [6, 6.07) is 9.64. The van der Waals surface area contributed by atoms with Crippen LogP contribution in [0.25, 0.3) is 0 Å². The number of hydrogen-bond acceptors (Lipinski definition) is 6. The van der Waals surface area contributed by atoms with Crippen LogP contribution >= 0.6 is 11.3 Å². The molecule has 1 aromatic heterocycles. The van der Waals surface area contributed by atoms with Gasteiger partial charge in [-0.3, -0.25) is 4.31 Å². The fraction of sp³-hybridized carbons (Fsp3) is 0.273. The van der Waals surface area contributed by atoms with Gasteiger partial charge in [0.15, 0.2) is 0 Å². The van der Waals surface area contributed by atoms with Crippen LogP contribution in [-0.4, -0.2) is 30.5 Å². The van der Waals surface area contributed by atoms with Crippen LogP contribution in [-0.2, 0) is 16.6 Å². The molecule has 0 aliphatic heterocycles. The first kappa shape index (κ1) is 22.8. The smallest absolute Gasteiger partial charge is 0.335 e. The van der Waals surface area contributed by atoms with Crippen LogP contribution in [0.1, 0.15) is 40.9 Å². The number of thiazole rings is 1. The van der Waals surface area contributed by atoms with Crippen LogP contribution in [0.2, 0.25) is 0 Å². The van der Waals surface area contributed by atoms with E-state index >= 15 is 0 Å². The Hall–Kier alpha value is -2.91. The van der Waals surface area contributed by atoms with Crippen molar-refractivity contribution in [3.63, 3.8) is 0 Å². The lowest BCUT2D eigenvalue weighted by molar-refractivity contribution is 0.0697. The third-order valence-corrected chi connectivity index (χ3v) is 7.93. The number of rotatable bonds is 8. The van der Waals surface area contributed by atoms with Crippen molar-refractivity contribution >= 4 is 33.0 Å². The van der Waals surface area contributed by atoms with E-state index in [0.717, 1.165) is 28.0 Å². The zero-order chi connectivity index (χ0) is 22.8. The highest BCUT2D eigenvalue weighted by atomic mass is 32.2. The normalized spacial score (nSPS) is 11.5. The molecule has 9 heteroatoms. The Bertz CT molecular complexity index is 1170. The number of sulfonamides is 1. The van der Waals surface area contributed by atoms with Crippen molar-refractivity contribution in [1.29, 1.82) is 0 Å². The van der Waals surface area contributed by atoms with Gasteiger partial charge in [0.05, 0.1) is 11.3 Å². The molecular weight excluding hydrogens is 436 g/mol. The Labute approximate surface area is 186 Å². The van der Waals surface area contributed by atoms with Gasteiger partial charge in [0.1, 0.15) is 12.4 Å². The zero-order valence-corrected chi connectivity index (χ0v) is 19.3. The minimum Gasteiger partial charge on any atom is -0.487 e. The Morgan fingerprint density at radius 3 is 2.35 bits per heavy atom. The summed E-state index contributed by atoms with van der Waals surface area (Å²) in [5.41, 5.74) is 3.31. The molecule has 0 saturated carbocycles. The molecule has 0 amide bonds. The van der Waals surface area contributed by atoms with Gasteiger partial charge < -0.3 is 9.84 Å². The Balaban J connectivity index is 1.99. The highest BCUT2D eigenvalue weighted by Gasteiger charge is 2.32. The number of nitrogens with zero attached hydrogens (tertiary/aromatic N) is 2. The topological polar surface area (TPSA) is 96.8 Å². The number of carboxylic acids is 1. The van der Waals surface area contributed by atoms with Gasteiger partial charge in [-0.15, -0.1) is 11.3 Å². The Morgan fingerprint density at radius 1 is 1.16 bits per heavy atom. The van der Waals surface area contributed by atoms with Crippen molar-refractivity contribution < 1.29 is 23.1 Å². The lowest BCUT2D eigenvalue weighted by Crippen LogP contribution is -2.37. The molecule has 0 spiro atoms. The number of aromatic nitrogens is 1. The second-order valence-corrected chi connectivity index (χ2v) is 10.3. The highest BCUT2D eigenvalue weighted by Crippen LogP contribution is 2.37. The van der Waals surface area contributed by atoms with Gasteiger partial charge >= 0.3 is 5.97 Å². The quantitative estimate of drug-likeness (QED) is 0.526. The minimum absolute atomic E-state index is 0.0228. The fourth-order valence-electron chi connectivity index (χ4n) is 3.07. The molecule has 0 saturated heterocycles. The first-order chi connectivity index (χ1) is 14.6. The maximum absolute atomic E-state index is 13.3. The molecular formula is C22H24N2O5S2. The lowest BCUT2D eigenvalue weighted by atomic mass is 10.1. The first-order valence-electron chi connectivity index (χ1n) is 9.61. The molecule has 0 aliphatic rings. The summed E-state index contributed by atoms with van der Waals surface area (Å²) in [4.78, 5) is 15.0. The standard InChI is InChI=1S/C22H24N2O5S2/c1-14(2)24(31(27,28)22-23-9-10-30-22)19-11-15(3)16(4)12-20(19)29-13-17-5-7-18(8-6-17)21(25)26/h5-12,14H,13H2,1-4H3,(H,25,26). The van der Waals surface area contributed by atoms with E-state index in [1.165, 1.54) is 22.6 Å². The van der Waals surface area contributed by atoms with Gasteiger partial charge in [0.2, 0.25) is 4.34 Å². The molecule has 31 heavy (non-hydrogen) atoms. The van der Waals surface area contributed by atoms with Crippen molar-refractivity contribution in [2.24, 2.45) is 0 Å². The van der Waals surface area contributed by atoms with Gasteiger partial charge in [-0.2, -0.15) is 8.42 Å². The maximum Gasteiger partial charge on any atom is 0.335 e. The molecule has 7 nitrogen and oxygen atoms in total. The average molecular weight is 461 g/mol. The lowest BCUT2D eigenvalue weighted by Gasteiger charge is -2.29. The van der Waals surface area contributed by atoms with E-state index in [1.807, 2.05) is 26.0 Å². The van der Waals surface area contributed by atoms with E-state index in [1.54, 1.807) is 31.4 Å². The zero-order valence-electron chi connectivity index (χ0n) is 17.7. The summed E-state index contributed by atoms with van der Waals surface area (Å²) in [6.07, 6.45) is 1.47. The summed E-state index contributed by atoms with van der Waals surface area (Å²) in [5.74, 6) is -0.567. The van der Waals surface area contributed by atoms with Gasteiger partial charge in [-0.25, -0.2) is 9.78 Å². The fourth-order valence-corrected chi connectivity index (χ4v) is 5.65. The summed E-state index contributed by atoms with van der Waals surface area (Å²) < 4.78 is 34.0. The minimum atomic E-state index is -3.86. The van der Waals surface area contributed by atoms with Crippen molar-refractivity contribution in [2.75, 3.05) is 4.31 Å². The molecule has 0 fully saturated rings.